The van der Waals surface area contributed by atoms with E-state index >= 15 is 0 Å². The molecule has 0 amide bonds. The first-order valence-corrected chi connectivity index (χ1v) is 7.09. The highest BCUT2D eigenvalue weighted by Gasteiger charge is 2.07. The fourth-order valence-electron chi connectivity index (χ4n) is 2.13. The molecular weight excluding hydrogens is 300 g/mol. The maximum Gasteiger partial charge on any atom is 0.186 e. The molecule has 3 rings (SSSR count). The quantitative estimate of drug-likeness (QED) is 0.707. The van der Waals surface area contributed by atoms with Crippen molar-refractivity contribution < 1.29 is 9.15 Å². The van der Waals surface area contributed by atoms with Crippen LogP contribution in [0, 0.1) is 0 Å². The van der Waals surface area contributed by atoms with Gasteiger partial charge in [-0.15, -0.1) is 0 Å². The van der Waals surface area contributed by atoms with Crippen molar-refractivity contribution in [3.05, 3.63) is 75.9 Å². The number of hydrogen-bond acceptors (Lipinski definition) is 3. The molecule has 2 aromatic carbocycles. The molecule has 3 nitrogen and oxygen atoms in total. The highest BCUT2D eigenvalue weighted by atomic mass is 35.5. The van der Waals surface area contributed by atoms with Crippen LogP contribution in [0.25, 0.3) is 22.6 Å². The first-order chi connectivity index (χ1) is 10.7. The Hall–Kier alpha value is -2.52. The molecule has 0 aliphatic carbocycles. The zero-order valence-electron chi connectivity index (χ0n) is 11.9. The van der Waals surface area contributed by atoms with Gasteiger partial charge in [-0.3, -0.25) is 4.79 Å². The molecule has 0 N–H and O–H groups in total. The van der Waals surface area contributed by atoms with Crippen molar-refractivity contribution in [2.75, 3.05) is 7.11 Å². The summed E-state index contributed by atoms with van der Waals surface area (Å²) in [5.41, 5.74) is 1.51. The van der Waals surface area contributed by atoms with Crippen LogP contribution in [0.5, 0.6) is 5.75 Å². The van der Waals surface area contributed by atoms with Gasteiger partial charge in [0, 0.05) is 28.3 Å². The van der Waals surface area contributed by atoms with Crippen LogP contribution in [0.15, 0.2) is 69.9 Å². The first-order valence-electron chi connectivity index (χ1n) is 6.71. The van der Waals surface area contributed by atoms with E-state index in [2.05, 4.69) is 0 Å². The minimum atomic E-state index is -0.109. The predicted octanol–water partition coefficient (Wildman–Crippen LogP) is 4.64. The molecular formula is C18H13ClO3. The summed E-state index contributed by atoms with van der Waals surface area (Å²) in [5, 5.41) is 0.636. The molecule has 1 heterocycles. The minimum Gasteiger partial charge on any atom is -0.497 e. The zero-order chi connectivity index (χ0) is 15.5. The van der Waals surface area contributed by atoms with Crippen LogP contribution < -0.4 is 10.2 Å². The van der Waals surface area contributed by atoms with Gasteiger partial charge in [0.15, 0.2) is 5.43 Å². The highest BCUT2D eigenvalue weighted by molar-refractivity contribution is 6.30. The topological polar surface area (TPSA) is 39.4 Å². The Bertz CT molecular complexity index is 833. The molecule has 4 heteroatoms. The monoisotopic (exact) mass is 312 g/mol. The second-order valence-corrected chi connectivity index (χ2v) is 5.19. The Kier molecular flexibility index (Phi) is 3.98. The fourth-order valence-corrected chi connectivity index (χ4v) is 2.26. The third-order valence-electron chi connectivity index (χ3n) is 3.27. The number of ether oxygens (including phenoxy) is 1. The van der Waals surface area contributed by atoms with Crippen LogP contribution >= 0.6 is 11.6 Å². The molecule has 110 valence electrons. The van der Waals surface area contributed by atoms with E-state index < -0.39 is 0 Å². The summed E-state index contributed by atoms with van der Waals surface area (Å²) >= 11 is 5.88. The minimum absolute atomic E-state index is 0.109. The number of hydrogen-bond donors (Lipinski definition) is 0. The molecule has 0 saturated carbocycles. The van der Waals surface area contributed by atoms with Gasteiger partial charge in [0.2, 0.25) is 0 Å². The average molecular weight is 313 g/mol. The van der Waals surface area contributed by atoms with Gasteiger partial charge in [-0.25, -0.2) is 0 Å². The van der Waals surface area contributed by atoms with Gasteiger partial charge in [0.25, 0.3) is 0 Å². The van der Waals surface area contributed by atoms with Crippen LogP contribution in [0.4, 0.5) is 0 Å². The molecule has 0 aliphatic rings. The summed E-state index contributed by atoms with van der Waals surface area (Å²) in [6.45, 7) is 0. The van der Waals surface area contributed by atoms with E-state index in [0.29, 0.717) is 16.5 Å². The summed E-state index contributed by atoms with van der Waals surface area (Å²) in [5.74, 6) is 1.77. The Labute approximate surface area is 132 Å². The van der Waals surface area contributed by atoms with E-state index in [1.54, 1.807) is 19.2 Å². The molecule has 1 aromatic heterocycles. The Morgan fingerprint density at radius 1 is 0.864 bits per heavy atom. The van der Waals surface area contributed by atoms with Crippen LogP contribution in [-0.4, -0.2) is 7.11 Å². The standard InChI is InChI=1S/C18H13ClO3/c1-21-16-8-4-13(5-9-16)18-11-15(20)10-17(22-18)12-2-6-14(19)7-3-12/h2-11H,1H3. The molecule has 0 atom stereocenters. The van der Waals surface area contributed by atoms with Crippen molar-refractivity contribution in [2.45, 2.75) is 0 Å². The van der Waals surface area contributed by atoms with Crippen molar-refractivity contribution >= 4 is 11.6 Å². The van der Waals surface area contributed by atoms with Crippen LogP contribution in [-0.2, 0) is 0 Å². The van der Waals surface area contributed by atoms with Gasteiger partial charge >= 0.3 is 0 Å². The first kappa shape index (κ1) is 14.4. The predicted molar refractivity (Wildman–Crippen MR) is 87.4 cm³/mol. The van der Waals surface area contributed by atoms with Gasteiger partial charge in [-0.1, -0.05) is 11.6 Å². The summed E-state index contributed by atoms with van der Waals surface area (Å²) in [7, 11) is 1.61. The normalized spacial score (nSPS) is 10.5. The largest absolute Gasteiger partial charge is 0.497 e. The van der Waals surface area contributed by atoms with Gasteiger partial charge in [-0.05, 0) is 48.5 Å². The van der Waals surface area contributed by atoms with Gasteiger partial charge in [0.1, 0.15) is 17.3 Å². The highest BCUT2D eigenvalue weighted by Crippen LogP contribution is 2.26. The van der Waals surface area contributed by atoms with Crippen molar-refractivity contribution in [3.63, 3.8) is 0 Å². The van der Waals surface area contributed by atoms with E-state index in [9.17, 15) is 4.79 Å². The molecule has 3 aromatic rings. The second kappa shape index (κ2) is 6.08. The molecule has 0 saturated heterocycles. The molecule has 0 fully saturated rings. The van der Waals surface area contributed by atoms with E-state index in [4.69, 9.17) is 20.8 Å². The van der Waals surface area contributed by atoms with E-state index in [-0.39, 0.29) is 5.43 Å². The molecule has 0 unspecified atom stereocenters. The lowest BCUT2D eigenvalue weighted by Crippen LogP contribution is -1.98. The Balaban J connectivity index is 2.05. The SMILES string of the molecule is COc1ccc(-c2cc(=O)cc(-c3ccc(Cl)cc3)o2)cc1. The van der Waals surface area contributed by atoms with Crippen molar-refractivity contribution in [2.24, 2.45) is 0 Å². The lowest BCUT2D eigenvalue weighted by atomic mass is 10.1. The molecule has 0 radical (unpaired) electrons. The van der Waals surface area contributed by atoms with Crippen molar-refractivity contribution in [1.82, 2.24) is 0 Å². The van der Waals surface area contributed by atoms with E-state index in [1.165, 1.54) is 12.1 Å². The summed E-state index contributed by atoms with van der Waals surface area (Å²) in [4.78, 5) is 11.9. The van der Waals surface area contributed by atoms with E-state index in [0.717, 1.165) is 16.9 Å². The number of halogens is 1. The second-order valence-electron chi connectivity index (χ2n) is 4.76. The lowest BCUT2D eigenvalue weighted by Gasteiger charge is -2.06. The van der Waals surface area contributed by atoms with Crippen molar-refractivity contribution in [1.29, 1.82) is 0 Å². The third-order valence-corrected chi connectivity index (χ3v) is 3.52. The third kappa shape index (κ3) is 3.05. The Morgan fingerprint density at radius 3 is 1.86 bits per heavy atom. The molecule has 0 spiro atoms. The summed E-state index contributed by atoms with van der Waals surface area (Å²) in [6, 6.07) is 17.4. The zero-order valence-corrected chi connectivity index (χ0v) is 12.6. The smallest absolute Gasteiger partial charge is 0.186 e. The maximum atomic E-state index is 11.9. The van der Waals surface area contributed by atoms with Crippen LogP contribution in [0.1, 0.15) is 0 Å². The summed E-state index contributed by atoms with van der Waals surface area (Å²) < 4.78 is 11.0. The number of methoxy groups -OCH3 is 1. The number of benzene rings is 2. The number of rotatable bonds is 3. The van der Waals surface area contributed by atoms with Crippen LogP contribution in [0.2, 0.25) is 5.02 Å². The lowest BCUT2D eigenvalue weighted by molar-refractivity contribution is 0.415. The van der Waals surface area contributed by atoms with Gasteiger partial charge in [0.05, 0.1) is 7.11 Å². The van der Waals surface area contributed by atoms with Gasteiger partial charge < -0.3 is 9.15 Å². The maximum absolute atomic E-state index is 11.9. The van der Waals surface area contributed by atoms with Crippen molar-refractivity contribution in [3.8, 4) is 28.4 Å². The molecule has 0 aliphatic heterocycles. The van der Waals surface area contributed by atoms with E-state index in [1.807, 2.05) is 36.4 Å². The fraction of sp³-hybridized carbons (Fsp3) is 0.0556. The Morgan fingerprint density at radius 2 is 1.36 bits per heavy atom. The van der Waals surface area contributed by atoms with Gasteiger partial charge in [-0.2, -0.15) is 0 Å². The molecule has 0 bridgehead atoms. The average Bonchev–Trinajstić information content (AvgIpc) is 2.55. The summed E-state index contributed by atoms with van der Waals surface area (Å²) in [6.07, 6.45) is 0. The van der Waals surface area contributed by atoms with Crippen LogP contribution in [0.3, 0.4) is 0 Å². The molecule has 22 heavy (non-hydrogen) atoms.